The fourth-order valence-corrected chi connectivity index (χ4v) is 4.63. The maximum Gasteiger partial charge on any atom is 0.246 e. The third-order valence-electron chi connectivity index (χ3n) is 6.13. The van der Waals surface area contributed by atoms with Crippen LogP contribution in [0.15, 0.2) is 78.9 Å². The second-order valence-corrected chi connectivity index (χ2v) is 8.60. The normalized spacial score (nSPS) is 15.9. The molecule has 5 rings (SSSR count). The average molecular weight is 459 g/mol. The predicted molar refractivity (Wildman–Crippen MR) is 131 cm³/mol. The van der Waals surface area contributed by atoms with Gasteiger partial charge in [-0.25, -0.2) is 4.98 Å². The van der Waals surface area contributed by atoms with Crippen LogP contribution in [-0.4, -0.2) is 35.0 Å². The molecule has 33 heavy (non-hydrogen) atoms. The van der Waals surface area contributed by atoms with Crippen LogP contribution in [0.3, 0.4) is 0 Å². The van der Waals surface area contributed by atoms with E-state index in [1.165, 1.54) is 0 Å². The van der Waals surface area contributed by atoms with Crippen LogP contribution in [0.5, 0.6) is 0 Å². The highest BCUT2D eigenvalue weighted by Crippen LogP contribution is 2.36. The Labute approximate surface area is 197 Å². The van der Waals surface area contributed by atoms with Gasteiger partial charge < -0.3 is 14.4 Å². The van der Waals surface area contributed by atoms with Crippen molar-refractivity contribution in [1.82, 2.24) is 9.55 Å². The van der Waals surface area contributed by atoms with Gasteiger partial charge in [-0.05, 0) is 36.4 Å². The highest BCUT2D eigenvalue weighted by atomic mass is 35.5. The van der Waals surface area contributed by atoms with Crippen LogP contribution >= 0.6 is 11.6 Å². The van der Waals surface area contributed by atoms with Crippen molar-refractivity contribution in [2.24, 2.45) is 0 Å². The first kappa shape index (κ1) is 21.2. The first-order valence-corrected chi connectivity index (χ1v) is 11.2. The minimum Gasteiger partial charge on any atom is -0.318 e. The minimum atomic E-state index is -0.143. The van der Waals surface area contributed by atoms with Gasteiger partial charge in [-0.15, -0.1) is 0 Å². The molecule has 0 aliphatic carbocycles. The SMILES string of the molecule is CN(C(=O)Cn1c(C2CC(=O)N(c3ccccc3Cl)C2)nc2ccccc21)c1ccccc1. The van der Waals surface area contributed by atoms with Crippen molar-refractivity contribution in [3.63, 3.8) is 0 Å². The predicted octanol–water partition coefficient (Wildman–Crippen LogP) is 4.87. The quantitative estimate of drug-likeness (QED) is 0.428. The number of halogens is 1. The van der Waals surface area contributed by atoms with E-state index in [0.717, 1.165) is 22.5 Å². The molecule has 0 bridgehead atoms. The van der Waals surface area contributed by atoms with Crippen molar-refractivity contribution in [3.05, 3.63) is 89.7 Å². The number of hydrogen-bond donors (Lipinski definition) is 0. The van der Waals surface area contributed by atoms with Crippen molar-refractivity contribution in [1.29, 1.82) is 0 Å². The molecule has 6 nitrogen and oxygen atoms in total. The lowest BCUT2D eigenvalue weighted by Gasteiger charge is -2.20. The van der Waals surface area contributed by atoms with Crippen molar-refractivity contribution in [2.45, 2.75) is 18.9 Å². The smallest absolute Gasteiger partial charge is 0.246 e. The van der Waals surface area contributed by atoms with Crippen LogP contribution in [0.4, 0.5) is 11.4 Å². The number of carbonyl (C=O) groups excluding carboxylic acids is 2. The Morgan fingerprint density at radius 2 is 1.73 bits per heavy atom. The third kappa shape index (κ3) is 3.98. The van der Waals surface area contributed by atoms with Crippen molar-refractivity contribution < 1.29 is 9.59 Å². The Hall–Kier alpha value is -3.64. The number of aromatic nitrogens is 2. The number of anilines is 2. The van der Waals surface area contributed by atoms with Gasteiger partial charge in [0.15, 0.2) is 0 Å². The maximum atomic E-state index is 13.2. The minimum absolute atomic E-state index is 0.000522. The van der Waals surface area contributed by atoms with E-state index in [9.17, 15) is 9.59 Å². The van der Waals surface area contributed by atoms with E-state index in [1.54, 1.807) is 22.9 Å². The Morgan fingerprint density at radius 1 is 1.03 bits per heavy atom. The highest BCUT2D eigenvalue weighted by Gasteiger charge is 2.36. The molecular weight excluding hydrogens is 436 g/mol. The van der Waals surface area contributed by atoms with E-state index in [4.69, 9.17) is 16.6 Å². The molecule has 1 saturated heterocycles. The molecule has 166 valence electrons. The van der Waals surface area contributed by atoms with E-state index in [1.807, 2.05) is 77.4 Å². The summed E-state index contributed by atoms with van der Waals surface area (Å²) < 4.78 is 1.95. The number of carbonyl (C=O) groups is 2. The van der Waals surface area contributed by atoms with Gasteiger partial charge in [0.25, 0.3) is 0 Å². The van der Waals surface area contributed by atoms with Gasteiger partial charge in [-0.3, -0.25) is 9.59 Å². The topological polar surface area (TPSA) is 58.4 Å². The molecule has 0 N–H and O–H groups in total. The first-order chi connectivity index (χ1) is 16.0. The van der Waals surface area contributed by atoms with Gasteiger partial charge in [0.1, 0.15) is 12.4 Å². The number of hydrogen-bond acceptors (Lipinski definition) is 3. The highest BCUT2D eigenvalue weighted by molar-refractivity contribution is 6.33. The molecule has 1 unspecified atom stereocenters. The second kappa shape index (κ2) is 8.71. The average Bonchev–Trinajstić information content (AvgIpc) is 3.40. The summed E-state index contributed by atoms with van der Waals surface area (Å²) in [5.41, 5.74) is 3.22. The number of fused-ring (bicyclic) bond motifs is 1. The summed E-state index contributed by atoms with van der Waals surface area (Å²) in [6.07, 6.45) is 0.317. The van der Waals surface area contributed by atoms with E-state index >= 15 is 0 Å². The molecule has 0 radical (unpaired) electrons. The largest absolute Gasteiger partial charge is 0.318 e. The number of benzene rings is 3. The van der Waals surface area contributed by atoms with E-state index in [-0.39, 0.29) is 24.3 Å². The Bertz CT molecular complexity index is 1330. The Balaban J connectivity index is 1.48. The summed E-state index contributed by atoms with van der Waals surface area (Å²) in [7, 11) is 1.77. The third-order valence-corrected chi connectivity index (χ3v) is 6.45. The van der Waals surface area contributed by atoms with E-state index < -0.39 is 0 Å². The zero-order valence-corrected chi connectivity index (χ0v) is 18.9. The Kier molecular flexibility index (Phi) is 5.60. The van der Waals surface area contributed by atoms with Crippen molar-refractivity contribution in [3.8, 4) is 0 Å². The standard InChI is InChI=1S/C26H23ClN4O2/c1-29(19-9-3-2-4-10-19)25(33)17-31-23-14-8-6-12-21(23)28-26(31)18-15-24(32)30(16-18)22-13-7-5-11-20(22)27/h2-14,18H,15-17H2,1H3. The summed E-state index contributed by atoms with van der Waals surface area (Å²) in [5.74, 6) is 0.544. The van der Waals surface area contributed by atoms with Gasteiger partial charge in [0.05, 0.1) is 21.7 Å². The van der Waals surface area contributed by atoms with Crippen LogP contribution in [0.1, 0.15) is 18.2 Å². The monoisotopic (exact) mass is 458 g/mol. The molecule has 1 aliphatic rings. The van der Waals surface area contributed by atoms with E-state index in [0.29, 0.717) is 23.7 Å². The number of amides is 2. The Morgan fingerprint density at radius 3 is 2.52 bits per heavy atom. The molecule has 2 heterocycles. The molecule has 1 aliphatic heterocycles. The number of likely N-dealkylation sites (N-methyl/N-ethyl adjacent to an activating group) is 1. The summed E-state index contributed by atoms with van der Waals surface area (Å²) in [4.78, 5) is 34.3. The molecule has 0 saturated carbocycles. The van der Waals surface area contributed by atoms with Crippen molar-refractivity contribution in [2.75, 3.05) is 23.4 Å². The van der Waals surface area contributed by atoms with Gasteiger partial charge in [0.2, 0.25) is 11.8 Å². The number of nitrogens with zero attached hydrogens (tertiary/aromatic N) is 4. The summed E-state index contributed by atoms with van der Waals surface area (Å²) in [6.45, 7) is 0.604. The van der Waals surface area contributed by atoms with Crippen LogP contribution in [0, 0.1) is 0 Å². The molecule has 1 atom stereocenters. The molecule has 7 heteroatoms. The van der Waals surface area contributed by atoms with Gasteiger partial charge in [-0.2, -0.15) is 0 Å². The number of imidazole rings is 1. The van der Waals surface area contributed by atoms with Gasteiger partial charge in [0, 0.05) is 31.6 Å². The van der Waals surface area contributed by atoms with E-state index in [2.05, 4.69) is 0 Å². The molecule has 3 aromatic carbocycles. The fourth-order valence-electron chi connectivity index (χ4n) is 4.39. The molecule has 1 aromatic heterocycles. The zero-order valence-electron chi connectivity index (χ0n) is 18.2. The van der Waals surface area contributed by atoms with Gasteiger partial charge >= 0.3 is 0 Å². The lowest BCUT2D eigenvalue weighted by Crippen LogP contribution is -2.31. The van der Waals surface area contributed by atoms with Crippen LogP contribution < -0.4 is 9.80 Å². The molecule has 1 fully saturated rings. The molecule has 4 aromatic rings. The summed E-state index contributed by atoms with van der Waals surface area (Å²) in [5, 5.41) is 0.541. The zero-order chi connectivity index (χ0) is 22.9. The maximum absolute atomic E-state index is 13.2. The fraction of sp³-hybridized carbons (Fsp3) is 0.192. The van der Waals surface area contributed by atoms with Crippen LogP contribution in [-0.2, 0) is 16.1 Å². The molecular formula is C26H23ClN4O2. The van der Waals surface area contributed by atoms with Crippen LogP contribution in [0.2, 0.25) is 5.02 Å². The summed E-state index contributed by atoms with van der Waals surface area (Å²) >= 11 is 6.36. The summed E-state index contributed by atoms with van der Waals surface area (Å²) in [6, 6.07) is 24.7. The first-order valence-electron chi connectivity index (χ1n) is 10.8. The lowest BCUT2D eigenvalue weighted by atomic mass is 10.1. The van der Waals surface area contributed by atoms with Crippen molar-refractivity contribution >= 4 is 45.8 Å². The molecule has 2 amide bonds. The van der Waals surface area contributed by atoms with Crippen LogP contribution in [0.25, 0.3) is 11.0 Å². The number of para-hydroxylation sites is 4. The second-order valence-electron chi connectivity index (χ2n) is 8.19. The lowest BCUT2D eigenvalue weighted by molar-refractivity contribution is -0.119. The molecule has 0 spiro atoms. The van der Waals surface area contributed by atoms with Gasteiger partial charge in [-0.1, -0.05) is 54.1 Å². The number of rotatable bonds is 5.